The van der Waals surface area contributed by atoms with E-state index in [0.717, 1.165) is 16.7 Å². The fraction of sp³-hybridized carbons (Fsp3) is 0.240. The Morgan fingerprint density at radius 3 is 2.52 bits per heavy atom. The summed E-state index contributed by atoms with van der Waals surface area (Å²) < 4.78 is 0. The molecule has 0 fully saturated rings. The van der Waals surface area contributed by atoms with E-state index in [-0.39, 0.29) is 23.8 Å². The summed E-state index contributed by atoms with van der Waals surface area (Å²) in [6.07, 6.45) is 3.43. The normalized spacial score (nSPS) is 17.2. The summed E-state index contributed by atoms with van der Waals surface area (Å²) in [7, 11) is 0. The van der Waals surface area contributed by atoms with Gasteiger partial charge in [0.1, 0.15) is 6.04 Å². The molecule has 3 aromatic rings. The number of hydrogen-bond donors (Lipinski definition) is 1. The molecule has 31 heavy (non-hydrogen) atoms. The molecule has 0 saturated heterocycles. The summed E-state index contributed by atoms with van der Waals surface area (Å²) >= 11 is 6.01. The van der Waals surface area contributed by atoms with Gasteiger partial charge >= 0.3 is 0 Å². The molecule has 0 bridgehead atoms. The van der Waals surface area contributed by atoms with Crippen LogP contribution in [0.25, 0.3) is 0 Å². The Balaban J connectivity index is 1.59. The Morgan fingerprint density at radius 2 is 1.81 bits per heavy atom. The number of carbonyl (C=O) groups is 2. The maximum absolute atomic E-state index is 13.4. The maximum atomic E-state index is 13.4. The molecule has 6 heteroatoms. The predicted octanol–water partition coefficient (Wildman–Crippen LogP) is 4.91. The van der Waals surface area contributed by atoms with Crippen molar-refractivity contribution in [2.75, 3.05) is 6.54 Å². The van der Waals surface area contributed by atoms with Crippen LogP contribution >= 0.6 is 11.6 Å². The van der Waals surface area contributed by atoms with Crippen molar-refractivity contribution in [2.45, 2.75) is 31.8 Å². The largest absolute Gasteiger partial charge is 0.347 e. The number of fused-ring (bicyclic) bond motifs is 1. The van der Waals surface area contributed by atoms with Crippen molar-refractivity contribution in [1.29, 1.82) is 0 Å². The summed E-state index contributed by atoms with van der Waals surface area (Å²) in [6.45, 7) is 4.39. The van der Waals surface area contributed by atoms with Gasteiger partial charge in [0.15, 0.2) is 0 Å². The van der Waals surface area contributed by atoms with Crippen LogP contribution in [0.5, 0.6) is 0 Å². The number of benzene rings is 2. The van der Waals surface area contributed by atoms with Crippen LogP contribution in [0.2, 0.25) is 5.02 Å². The summed E-state index contributed by atoms with van der Waals surface area (Å²) in [5.41, 5.74) is 3.30. The molecule has 0 radical (unpaired) electrons. The number of nitrogens with one attached hydrogen (secondary N) is 1. The van der Waals surface area contributed by atoms with Gasteiger partial charge < -0.3 is 10.2 Å². The van der Waals surface area contributed by atoms with Crippen LogP contribution in [0.1, 0.15) is 58.9 Å². The third kappa shape index (κ3) is 4.32. The van der Waals surface area contributed by atoms with Crippen LogP contribution in [-0.4, -0.2) is 28.2 Å². The average molecular weight is 434 g/mol. The number of halogens is 1. The van der Waals surface area contributed by atoms with Gasteiger partial charge in [0.25, 0.3) is 5.91 Å². The second-order valence-electron chi connectivity index (χ2n) is 7.92. The molecular weight excluding hydrogens is 410 g/mol. The molecule has 0 spiro atoms. The lowest BCUT2D eigenvalue weighted by Crippen LogP contribution is -2.41. The van der Waals surface area contributed by atoms with Crippen LogP contribution in [0, 0.1) is 0 Å². The Labute approximate surface area is 187 Å². The summed E-state index contributed by atoms with van der Waals surface area (Å²) in [5, 5.41) is 3.73. The predicted molar refractivity (Wildman–Crippen MR) is 121 cm³/mol. The fourth-order valence-corrected chi connectivity index (χ4v) is 4.17. The number of nitrogens with zero attached hydrogens (tertiary/aromatic N) is 2. The third-order valence-electron chi connectivity index (χ3n) is 5.76. The van der Waals surface area contributed by atoms with E-state index >= 15 is 0 Å². The van der Waals surface area contributed by atoms with E-state index in [9.17, 15) is 9.59 Å². The van der Waals surface area contributed by atoms with Crippen molar-refractivity contribution < 1.29 is 9.59 Å². The van der Waals surface area contributed by atoms with Gasteiger partial charge in [0.05, 0.1) is 6.04 Å². The van der Waals surface area contributed by atoms with E-state index in [4.69, 9.17) is 11.6 Å². The molecule has 2 heterocycles. The van der Waals surface area contributed by atoms with Gasteiger partial charge in [0, 0.05) is 29.5 Å². The van der Waals surface area contributed by atoms with Crippen molar-refractivity contribution in [2.24, 2.45) is 0 Å². The molecule has 1 aliphatic rings. The smallest absolute Gasteiger partial charge is 0.255 e. The highest BCUT2D eigenvalue weighted by Gasteiger charge is 2.41. The number of pyridine rings is 1. The quantitative estimate of drug-likeness (QED) is 0.600. The van der Waals surface area contributed by atoms with Crippen molar-refractivity contribution >= 4 is 23.4 Å². The van der Waals surface area contributed by atoms with Crippen molar-refractivity contribution in [3.8, 4) is 0 Å². The molecule has 0 aliphatic carbocycles. The highest BCUT2D eigenvalue weighted by Crippen LogP contribution is 2.36. The minimum absolute atomic E-state index is 0.0431. The molecular formula is C25H24ClN3O2. The lowest BCUT2D eigenvalue weighted by molar-refractivity contribution is -0.126. The van der Waals surface area contributed by atoms with E-state index in [2.05, 4.69) is 10.3 Å². The van der Waals surface area contributed by atoms with Crippen molar-refractivity contribution in [3.05, 3.63) is 100 Å². The highest BCUT2D eigenvalue weighted by molar-refractivity contribution is 6.30. The summed E-state index contributed by atoms with van der Waals surface area (Å²) in [4.78, 5) is 32.4. The topological polar surface area (TPSA) is 62.3 Å². The average Bonchev–Trinajstić information content (AvgIpc) is 3.06. The van der Waals surface area contributed by atoms with Gasteiger partial charge in [0.2, 0.25) is 5.91 Å². The number of aromatic nitrogens is 1. The molecule has 2 aromatic carbocycles. The second kappa shape index (κ2) is 8.90. The van der Waals surface area contributed by atoms with E-state index in [1.54, 1.807) is 23.4 Å². The van der Waals surface area contributed by atoms with Gasteiger partial charge in [-0.3, -0.25) is 14.6 Å². The molecule has 3 unspecified atom stereocenters. The number of amides is 2. The van der Waals surface area contributed by atoms with E-state index < -0.39 is 6.04 Å². The zero-order chi connectivity index (χ0) is 22.0. The molecule has 1 N–H and O–H groups in total. The van der Waals surface area contributed by atoms with Crippen LogP contribution in [-0.2, 0) is 4.79 Å². The Bertz CT molecular complexity index is 1090. The molecule has 1 aliphatic heterocycles. The first-order chi connectivity index (χ1) is 15.0. The van der Waals surface area contributed by atoms with Crippen molar-refractivity contribution in [1.82, 2.24) is 15.2 Å². The lowest BCUT2D eigenvalue weighted by Gasteiger charge is -2.28. The molecule has 5 nitrogen and oxygen atoms in total. The van der Waals surface area contributed by atoms with Crippen LogP contribution in [0.4, 0.5) is 0 Å². The van der Waals surface area contributed by atoms with E-state index in [0.29, 0.717) is 17.1 Å². The summed E-state index contributed by atoms with van der Waals surface area (Å²) in [5.74, 6) is -0.273. The highest BCUT2D eigenvalue weighted by atomic mass is 35.5. The minimum Gasteiger partial charge on any atom is -0.347 e. The number of carbonyl (C=O) groups excluding carboxylic acids is 2. The Hall–Kier alpha value is -3.18. The van der Waals surface area contributed by atoms with Gasteiger partial charge in [-0.1, -0.05) is 54.9 Å². The van der Waals surface area contributed by atoms with Crippen molar-refractivity contribution in [3.63, 3.8) is 0 Å². The molecule has 1 aromatic heterocycles. The zero-order valence-corrected chi connectivity index (χ0v) is 18.2. The van der Waals surface area contributed by atoms with Gasteiger partial charge in [-0.15, -0.1) is 0 Å². The third-order valence-corrected chi connectivity index (χ3v) is 6.01. The lowest BCUT2D eigenvalue weighted by atomic mass is 9.99. The first-order valence-corrected chi connectivity index (χ1v) is 10.7. The number of rotatable bonds is 6. The van der Waals surface area contributed by atoms with Crippen LogP contribution < -0.4 is 5.32 Å². The summed E-state index contributed by atoms with van der Waals surface area (Å²) in [6, 6.07) is 17.8. The molecule has 3 atom stereocenters. The monoisotopic (exact) mass is 433 g/mol. The van der Waals surface area contributed by atoms with Gasteiger partial charge in [-0.05, 0) is 53.8 Å². The molecule has 4 rings (SSSR count). The van der Waals surface area contributed by atoms with Crippen LogP contribution in [0.15, 0.2) is 73.1 Å². The Kier molecular flexibility index (Phi) is 6.05. The van der Waals surface area contributed by atoms with Crippen LogP contribution in [0.3, 0.4) is 0 Å². The SMILES string of the molecule is CC(CN1C(=O)c2ccccc2C1C(=O)NC(C)c1cccnc1)c1ccc(Cl)cc1. The van der Waals surface area contributed by atoms with E-state index in [1.807, 2.05) is 68.4 Å². The van der Waals surface area contributed by atoms with Gasteiger partial charge in [-0.2, -0.15) is 0 Å². The Morgan fingerprint density at radius 1 is 1.06 bits per heavy atom. The molecule has 0 saturated carbocycles. The second-order valence-corrected chi connectivity index (χ2v) is 8.35. The van der Waals surface area contributed by atoms with Gasteiger partial charge in [-0.25, -0.2) is 0 Å². The standard InChI is InChI=1S/C25H24ClN3O2/c1-16(18-9-11-20(26)12-10-18)15-29-23(21-7-3-4-8-22(21)25(29)31)24(30)28-17(2)19-6-5-13-27-14-19/h3-14,16-17,23H,15H2,1-2H3,(H,28,30). The minimum atomic E-state index is -0.669. The first-order valence-electron chi connectivity index (χ1n) is 10.3. The molecule has 2 amide bonds. The first kappa shape index (κ1) is 21.1. The number of hydrogen-bond acceptors (Lipinski definition) is 3. The fourth-order valence-electron chi connectivity index (χ4n) is 4.04. The maximum Gasteiger partial charge on any atom is 0.255 e. The van der Waals surface area contributed by atoms with E-state index in [1.165, 1.54) is 0 Å². The zero-order valence-electron chi connectivity index (χ0n) is 17.5. The molecule has 158 valence electrons.